The molecule has 13 heavy (non-hydrogen) atoms. The number of halogens is 3. The Morgan fingerprint density at radius 1 is 1.38 bits per heavy atom. The zero-order valence-corrected chi connectivity index (χ0v) is 10.5. The van der Waals surface area contributed by atoms with Crippen LogP contribution in [0.15, 0.2) is 18.2 Å². The van der Waals surface area contributed by atoms with Gasteiger partial charge in [-0.2, -0.15) is 0 Å². The van der Waals surface area contributed by atoms with Crippen molar-refractivity contribution in [2.75, 3.05) is 0 Å². The molecule has 1 rings (SSSR count). The Labute approximate surface area is 101 Å². The van der Waals surface area contributed by atoms with Crippen molar-refractivity contribution in [3.05, 3.63) is 33.8 Å². The van der Waals surface area contributed by atoms with E-state index >= 15 is 0 Å². The molecule has 1 aromatic carbocycles. The molecule has 0 saturated carbocycles. The van der Waals surface area contributed by atoms with Crippen molar-refractivity contribution < 1.29 is 4.79 Å². The fourth-order valence-electron chi connectivity index (χ4n) is 0.879. The normalized spacial score (nSPS) is 12.6. The smallest absolute Gasteiger partial charge is 0.175 e. The number of carbonyl (C=O) groups is 1. The van der Waals surface area contributed by atoms with Gasteiger partial charge in [0.05, 0.1) is 14.0 Å². The van der Waals surface area contributed by atoms with Gasteiger partial charge in [-0.05, 0) is 25.1 Å². The van der Waals surface area contributed by atoms with E-state index in [1.54, 1.807) is 18.2 Å². The first-order chi connectivity index (χ1) is 6.02. The Balaban J connectivity index is 3.04. The third-order valence-corrected chi connectivity index (χ3v) is 2.87. The number of carbonyl (C=O) groups excluding carboxylic acids is 1. The first-order valence-corrected chi connectivity index (χ1v) is 5.66. The van der Waals surface area contributed by atoms with Crippen molar-refractivity contribution in [1.82, 2.24) is 0 Å². The highest BCUT2D eigenvalue weighted by atomic mass is 127. The highest BCUT2D eigenvalue weighted by molar-refractivity contribution is 14.1. The number of hydrogen-bond donors (Lipinski definition) is 0. The van der Waals surface area contributed by atoms with Crippen molar-refractivity contribution in [1.29, 1.82) is 0 Å². The van der Waals surface area contributed by atoms with Gasteiger partial charge in [0.15, 0.2) is 5.78 Å². The van der Waals surface area contributed by atoms with Crippen LogP contribution in [-0.2, 0) is 0 Å². The van der Waals surface area contributed by atoms with Gasteiger partial charge < -0.3 is 0 Å². The number of ketones is 1. The molecule has 70 valence electrons. The molecule has 1 aromatic rings. The second kappa shape index (κ2) is 4.62. The average molecular weight is 329 g/mol. The molecule has 0 aliphatic heterocycles. The zero-order valence-electron chi connectivity index (χ0n) is 6.85. The second-order valence-electron chi connectivity index (χ2n) is 2.61. The van der Waals surface area contributed by atoms with Gasteiger partial charge in [-0.3, -0.25) is 4.79 Å². The van der Waals surface area contributed by atoms with Crippen molar-refractivity contribution in [2.24, 2.45) is 0 Å². The molecule has 1 atom stereocenters. The van der Waals surface area contributed by atoms with Gasteiger partial charge >= 0.3 is 0 Å². The number of alkyl halides is 1. The van der Waals surface area contributed by atoms with Crippen LogP contribution < -0.4 is 0 Å². The van der Waals surface area contributed by atoms with Crippen LogP contribution in [0.3, 0.4) is 0 Å². The molecule has 0 fully saturated rings. The first-order valence-electron chi connectivity index (χ1n) is 3.65. The average Bonchev–Trinajstić information content (AvgIpc) is 2.08. The summed E-state index contributed by atoms with van der Waals surface area (Å²) in [5.41, 5.74) is 0.608. The summed E-state index contributed by atoms with van der Waals surface area (Å²) in [5.74, 6) is 0.0687. The number of Topliss-reactive ketones (excluding diaryl/α,β-unsaturated/α-hetero) is 1. The Morgan fingerprint density at radius 3 is 2.46 bits per heavy atom. The minimum atomic E-state index is -0.0464. The van der Waals surface area contributed by atoms with E-state index in [4.69, 9.17) is 23.2 Å². The van der Waals surface area contributed by atoms with Gasteiger partial charge in [0.25, 0.3) is 0 Å². The van der Waals surface area contributed by atoms with Gasteiger partial charge in [-0.25, -0.2) is 0 Å². The van der Waals surface area contributed by atoms with Crippen LogP contribution in [-0.4, -0.2) is 9.71 Å². The van der Waals surface area contributed by atoms with Gasteiger partial charge in [0, 0.05) is 5.56 Å². The van der Waals surface area contributed by atoms with Crippen LogP contribution in [0.25, 0.3) is 0 Å². The van der Waals surface area contributed by atoms with Crippen LogP contribution in [0.4, 0.5) is 0 Å². The number of benzene rings is 1. The molecular weight excluding hydrogens is 322 g/mol. The summed E-state index contributed by atoms with van der Waals surface area (Å²) in [6.07, 6.45) is 0. The molecule has 1 unspecified atom stereocenters. The van der Waals surface area contributed by atoms with Crippen molar-refractivity contribution >= 4 is 51.6 Å². The zero-order chi connectivity index (χ0) is 10.0. The van der Waals surface area contributed by atoms with E-state index in [2.05, 4.69) is 22.6 Å². The molecular formula is C9H7Cl2IO. The fraction of sp³-hybridized carbons (Fsp3) is 0.222. The maximum atomic E-state index is 11.5. The van der Waals surface area contributed by atoms with Crippen LogP contribution >= 0.6 is 45.8 Å². The molecule has 0 aromatic heterocycles. The Morgan fingerprint density at radius 2 is 2.00 bits per heavy atom. The standard InChI is InChI=1S/C9H7Cl2IO/c1-5(12)9(13)6-2-3-7(10)8(11)4-6/h2-5H,1H3. The van der Waals surface area contributed by atoms with E-state index in [9.17, 15) is 4.79 Å². The summed E-state index contributed by atoms with van der Waals surface area (Å²) < 4.78 is -0.0464. The number of hydrogen-bond acceptors (Lipinski definition) is 1. The summed E-state index contributed by atoms with van der Waals surface area (Å²) in [5, 5.41) is 0.892. The van der Waals surface area contributed by atoms with E-state index in [0.29, 0.717) is 15.6 Å². The fourth-order valence-corrected chi connectivity index (χ4v) is 1.54. The number of rotatable bonds is 2. The first kappa shape index (κ1) is 11.3. The molecule has 0 N–H and O–H groups in total. The summed E-state index contributed by atoms with van der Waals surface area (Å²) in [4.78, 5) is 11.5. The lowest BCUT2D eigenvalue weighted by atomic mass is 10.1. The van der Waals surface area contributed by atoms with Crippen LogP contribution in [0, 0.1) is 0 Å². The van der Waals surface area contributed by atoms with Crippen molar-refractivity contribution in [3.63, 3.8) is 0 Å². The van der Waals surface area contributed by atoms with E-state index in [0.717, 1.165) is 0 Å². The largest absolute Gasteiger partial charge is 0.293 e. The summed E-state index contributed by atoms with van der Waals surface area (Å²) in [7, 11) is 0. The lowest BCUT2D eigenvalue weighted by molar-refractivity contribution is 0.0998. The van der Waals surface area contributed by atoms with Crippen molar-refractivity contribution in [2.45, 2.75) is 10.8 Å². The Bertz CT molecular complexity index is 336. The predicted molar refractivity (Wildman–Crippen MR) is 64.3 cm³/mol. The van der Waals surface area contributed by atoms with Gasteiger partial charge in [-0.1, -0.05) is 45.8 Å². The van der Waals surface area contributed by atoms with E-state index in [1.807, 2.05) is 6.92 Å². The lowest BCUT2D eigenvalue weighted by Crippen LogP contribution is -2.09. The Hall–Kier alpha value is 0.200. The monoisotopic (exact) mass is 328 g/mol. The highest BCUT2D eigenvalue weighted by Crippen LogP contribution is 2.23. The molecule has 0 spiro atoms. The van der Waals surface area contributed by atoms with Crippen LogP contribution in [0.5, 0.6) is 0 Å². The molecule has 0 saturated heterocycles. The molecule has 0 aliphatic carbocycles. The SMILES string of the molecule is CC(I)C(=O)c1ccc(Cl)c(Cl)c1. The Kier molecular flexibility index (Phi) is 4.01. The minimum absolute atomic E-state index is 0.0464. The van der Waals surface area contributed by atoms with Gasteiger partial charge in [0.1, 0.15) is 0 Å². The maximum Gasteiger partial charge on any atom is 0.175 e. The molecule has 0 amide bonds. The summed E-state index contributed by atoms with van der Waals surface area (Å²) >= 11 is 13.6. The maximum absolute atomic E-state index is 11.5. The second-order valence-corrected chi connectivity index (χ2v) is 5.29. The molecule has 4 heteroatoms. The minimum Gasteiger partial charge on any atom is -0.293 e. The third kappa shape index (κ3) is 2.82. The van der Waals surface area contributed by atoms with E-state index in [-0.39, 0.29) is 9.71 Å². The molecule has 0 aliphatic rings. The van der Waals surface area contributed by atoms with E-state index < -0.39 is 0 Å². The highest BCUT2D eigenvalue weighted by Gasteiger charge is 2.12. The van der Waals surface area contributed by atoms with Crippen LogP contribution in [0.2, 0.25) is 10.0 Å². The molecule has 0 heterocycles. The molecule has 1 nitrogen and oxygen atoms in total. The predicted octanol–water partition coefficient (Wildman–Crippen LogP) is 4.00. The van der Waals surface area contributed by atoms with Crippen LogP contribution in [0.1, 0.15) is 17.3 Å². The third-order valence-electron chi connectivity index (χ3n) is 1.57. The van der Waals surface area contributed by atoms with Gasteiger partial charge in [-0.15, -0.1) is 0 Å². The summed E-state index contributed by atoms with van der Waals surface area (Å²) in [6.45, 7) is 1.84. The molecule has 0 bridgehead atoms. The van der Waals surface area contributed by atoms with Crippen molar-refractivity contribution in [3.8, 4) is 0 Å². The quantitative estimate of drug-likeness (QED) is 0.455. The lowest BCUT2D eigenvalue weighted by Gasteiger charge is -2.03. The summed E-state index contributed by atoms with van der Waals surface area (Å²) in [6, 6.07) is 4.92. The van der Waals surface area contributed by atoms with E-state index in [1.165, 1.54) is 0 Å². The topological polar surface area (TPSA) is 17.1 Å². The van der Waals surface area contributed by atoms with Gasteiger partial charge in [0.2, 0.25) is 0 Å². The molecule has 0 radical (unpaired) electrons.